The topological polar surface area (TPSA) is 18.5 Å². The molecule has 1 aliphatic heterocycles. The molecule has 2 aliphatic carbocycles. The smallest absolute Gasteiger partial charge is 0.169 e. The van der Waals surface area contributed by atoms with Crippen molar-refractivity contribution in [2.24, 2.45) is 11.8 Å². The molecule has 0 amide bonds. The molecule has 0 aromatic heterocycles. The zero-order valence-corrected chi connectivity index (χ0v) is 15.7. The third kappa shape index (κ3) is 3.13. The van der Waals surface area contributed by atoms with Crippen molar-refractivity contribution >= 4 is 23.0 Å². The van der Waals surface area contributed by atoms with Crippen LogP contribution in [0.25, 0.3) is 0 Å². The lowest BCUT2D eigenvalue weighted by atomic mass is 9.95. The number of aryl methyl sites for hydroxylation is 2. The van der Waals surface area contributed by atoms with Crippen molar-refractivity contribution in [3.8, 4) is 0 Å². The maximum atomic E-state index is 5.72. The predicted molar refractivity (Wildman–Crippen MR) is 105 cm³/mol. The summed E-state index contributed by atoms with van der Waals surface area (Å²) in [7, 11) is 0. The molecule has 1 heterocycles. The Kier molecular flexibility index (Phi) is 4.42. The molecule has 0 spiro atoms. The van der Waals surface area contributed by atoms with Crippen molar-refractivity contribution in [3.05, 3.63) is 29.3 Å². The van der Waals surface area contributed by atoms with Crippen LogP contribution >= 0.6 is 12.2 Å². The van der Waals surface area contributed by atoms with E-state index in [1.165, 1.54) is 42.5 Å². The molecule has 3 fully saturated rings. The summed E-state index contributed by atoms with van der Waals surface area (Å²) >= 11 is 5.72. The molecule has 24 heavy (non-hydrogen) atoms. The van der Waals surface area contributed by atoms with Gasteiger partial charge < -0.3 is 15.1 Å². The lowest BCUT2D eigenvalue weighted by Crippen LogP contribution is -2.54. The van der Waals surface area contributed by atoms with Crippen molar-refractivity contribution in [1.82, 2.24) is 10.2 Å². The highest BCUT2D eigenvalue weighted by Crippen LogP contribution is 2.44. The number of rotatable bonds is 2. The van der Waals surface area contributed by atoms with Gasteiger partial charge in [0.1, 0.15) is 0 Å². The molecule has 3 unspecified atom stereocenters. The van der Waals surface area contributed by atoms with Crippen LogP contribution < -0.4 is 10.2 Å². The van der Waals surface area contributed by atoms with Crippen LogP contribution in [0.1, 0.15) is 36.8 Å². The second-order valence-corrected chi connectivity index (χ2v) is 8.38. The Labute approximate surface area is 151 Å². The Morgan fingerprint density at radius 1 is 1.08 bits per heavy atom. The van der Waals surface area contributed by atoms with E-state index >= 15 is 0 Å². The molecule has 1 aromatic rings. The molecular formula is C20H29N3S. The first-order valence-corrected chi connectivity index (χ1v) is 9.88. The third-order valence-corrected chi connectivity index (χ3v) is 6.70. The van der Waals surface area contributed by atoms with Gasteiger partial charge in [-0.25, -0.2) is 0 Å². The molecule has 4 heteroatoms. The normalized spacial score (nSPS) is 29.2. The number of fused-ring (bicyclic) bond motifs is 2. The van der Waals surface area contributed by atoms with Crippen LogP contribution in [0.4, 0.5) is 5.69 Å². The number of piperazine rings is 1. The second kappa shape index (κ2) is 6.55. The maximum absolute atomic E-state index is 5.72. The Hall–Kier alpha value is -1.29. The third-order valence-electron chi connectivity index (χ3n) is 6.32. The molecule has 130 valence electrons. The Morgan fingerprint density at radius 3 is 2.54 bits per heavy atom. The van der Waals surface area contributed by atoms with Gasteiger partial charge in [0.2, 0.25) is 0 Å². The summed E-state index contributed by atoms with van der Waals surface area (Å²) in [5.41, 5.74) is 4.10. The first-order chi connectivity index (χ1) is 11.6. The average molecular weight is 344 g/mol. The van der Waals surface area contributed by atoms with Crippen LogP contribution in [0.5, 0.6) is 0 Å². The number of nitrogens with zero attached hydrogens (tertiary/aromatic N) is 2. The lowest BCUT2D eigenvalue weighted by Gasteiger charge is -2.39. The maximum Gasteiger partial charge on any atom is 0.169 e. The summed E-state index contributed by atoms with van der Waals surface area (Å²) in [5.74, 6) is 1.85. The van der Waals surface area contributed by atoms with Crippen molar-refractivity contribution in [1.29, 1.82) is 0 Å². The zero-order chi connectivity index (χ0) is 16.7. The molecule has 3 nitrogen and oxygen atoms in total. The van der Waals surface area contributed by atoms with Gasteiger partial charge in [-0.15, -0.1) is 0 Å². The van der Waals surface area contributed by atoms with Crippen LogP contribution in [-0.4, -0.2) is 42.2 Å². The Bertz CT molecular complexity index is 621. The van der Waals surface area contributed by atoms with Gasteiger partial charge in [0.25, 0.3) is 0 Å². The monoisotopic (exact) mass is 343 g/mol. The predicted octanol–water partition coefficient (Wildman–Crippen LogP) is 3.49. The number of hydrogen-bond donors (Lipinski definition) is 1. The highest BCUT2D eigenvalue weighted by Gasteiger charge is 2.40. The minimum atomic E-state index is 0.647. The molecule has 3 atom stereocenters. The summed E-state index contributed by atoms with van der Waals surface area (Å²) in [6, 6.07) is 7.40. The van der Waals surface area contributed by atoms with E-state index in [1.807, 2.05) is 0 Å². The largest absolute Gasteiger partial charge is 0.368 e. The van der Waals surface area contributed by atoms with Gasteiger partial charge in [0.05, 0.1) is 0 Å². The average Bonchev–Trinajstić information content (AvgIpc) is 3.20. The molecular weight excluding hydrogens is 314 g/mol. The minimum Gasteiger partial charge on any atom is -0.368 e. The number of hydrogen-bond acceptors (Lipinski definition) is 2. The van der Waals surface area contributed by atoms with Gasteiger partial charge in [0.15, 0.2) is 5.11 Å². The van der Waals surface area contributed by atoms with Crippen LogP contribution in [0.15, 0.2) is 18.2 Å². The SMILES string of the molecule is Cc1ccc(C)c(N2CCN(C(=S)NC3CC4CCC3C4)CC2)c1. The van der Waals surface area contributed by atoms with E-state index in [-0.39, 0.29) is 0 Å². The van der Waals surface area contributed by atoms with E-state index in [4.69, 9.17) is 12.2 Å². The van der Waals surface area contributed by atoms with Crippen LogP contribution in [0, 0.1) is 25.7 Å². The van der Waals surface area contributed by atoms with E-state index < -0.39 is 0 Å². The minimum absolute atomic E-state index is 0.647. The van der Waals surface area contributed by atoms with E-state index in [0.717, 1.165) is 43.1 Å². The first kappa shape index (κ1) is 16.2. The highest BCUT2D eigenvalue weighted by atomic mass is 32.1. The zero-order valence-electron chi connectivity index (χ0n) is 14.9. The van der Waals surface area contributed by atoms with Gasteiger partial charge in [-0.1, -0.05) is 18.6 Å². The van der Waals surface area contributed by atoms with Gasteiger partial charge in [-0.05, 0) is 74.4 Å². The molecule has 3 aliphatic rings. The molecule has 2 bridgehead atoms. The molecule has 1 N–H and O–H groups in total. The van der Waals surface area contributed by atoms with E-state index in [0.29, 0.717) is 6.04 Å². The quantitative estimate of drug-likeness (QED) is 0.828. The Morgan fingerprint density at radius 2 is 1.88 bits per heavy atom. The summed E-state index contributed by atoms with van der Waals surface area (Å²) in [6.07, 6.45) is 5.63. The first-order valence-electron chi connectivity index (χ1n) is 9.48. The highest BCUT2D eigenvalue weighted by molar-refractivity contribution is 7.80. The van der Waals surface area contributed by atoms with Crippen LogP contribution in [0.2, 0.25) is 0 Å². The number of anilines is 1. The second-order valence-electron chi connectivity index (χ2n) is 7.99. The number of thiocarbonyl (C=S) groups is 1. The van der Waals surface area contributed by atoms with Crippen LogP contribution in [0.3, 0.4) is 0 Å². The lowest BCUT2D eigenvalue weighted by molar-refractivity contribution is 0.345. The van der Waals surface area contributed by atoms with E-state index in [1.54, 1.807) is 0 Å². The summed E-state index contributed by atoms with van der Waals surface area (Å²) in [6.45, 7) is 8.56. The summed E-state index contributed by atoms with van der Waals surface area (Å²) in [4.78, 5) is 4.89. The van der Waals surface area contributed by atoms with Crippen molar-refractivity contribution < 1.29 is 0 Å². The van der Waals surface area contributed by atoms with Gasteiger partial charge >= 0.3 is 0 Å². The van der Waals surface area contributed by atoms with Crippen LogP contribution in [-0.2, 0) is 0 Å². The van der Waals surface area contributed by atoms with E-state index in [9.17, 15) is 0 Å². The summed E-state index contributed by atoms with van der Waals surface area (Å²) in [5, 5.41) is 4.69. The van der Waals surface area contributed by atoms with Crippen molar-refractivity contribution in [3.63, 3.8) is 0 Å². The molecule has 2 saturated carbocycles. The van der Waals surface area contributed by atoms with Gasteiger partial charge in [-0.3, -0.25) is 0 Å². The fourth-order valence-corrected chi connectivity index (χ4v) is 5.22. The van der Waals surface area contributed by atoms with Crippen molar-refractivity contribution in [2.45, 2.75) is 45.6 Å². The molecule has 0 radical (unpaired) electrons. The standard InChI is InChI=1S/C20H29N3S/c1-14-3-4-15(2)19(11-14)22-7-9-23(10-8-22)20(24)21-18-13-16-5-6-17(18)12-16/h3-4,11,16-18H,5-10,12-13H2,1-2H3,(H,21,24). The van der Waals surface area contributed by atoms with E-state index in [2.05, 4.69) is 47.2 Å². The fourth-order valence-electron chi connectivity index (χ4n) is 4.88. The molecule has 4 rings (SSSR count). The van der Waals surface area contributed by atoms with Gasteiger partial charge in [-0.2, -0.15) is 0 Å². The fraction of sp³-hybridized carbons (Fsp3) is 0.650. The molecule has 1 aromatic carbocycles. The number of nitrogens with one attached hydrogen (secondary N) is 1. The van der Waals surface area contributed by atoms with Gasteiger partial charge in [0, 0.05) is 37.9 Å². The van der Waals surface area contributed by atoms with Crippen molar-refractivity contribution in [2.75, 3.05) is 31.1 Å². The number of benzene rings is 1. The molecule has 1 saturated heterocycles. The summed E-state index contributed by atoms with van der Waals surface area (Å²) < 4.78 is 0. The Balaban J connectivity index is 1.32.